The lowest BCUT2D eigenvalue weighted by Gasteiger charge is -2.15. The van der Waals surface area contributed by atoms with Gasteiger partial charge in [0.15, 0.2) is 0 Å². The molecule has 124 valence electrons. The molecule has 3 nitrogen and oxygen atoms in total. The number of carbonyl (C=O) groups is 1. The Hall–Kier alpha value is -1.84. The first-order chi connectivity index (χ1) is 11.0. The molecule has 0 bridgehead atoms. The van der Waals surface area contributed by atoms with E-state index in [1.165, 1.54) is 0 Å². The third-order valence-corrected chi connectivity index (χ3v) is 5.51. The van der Waals surface area contributed by atoms with Crippen LogP contribution in [0.4, 0.5) is 4.39 Å². The SMILES string of the molecule is CCC(CC)c1cc(F)cc2c1cc1n2CCC1C(C)C(=O)O. The van der Waals surface area contributed by atoms with Crippen molar-refractivity contribution in [1.29, 1.82) is 0 Å². The fraction of sp³-hybridized carbons (Fsp3) is 0.526. The van der Waals surface area contributed by atoms with E-state index in [1.807, 2.05) is 0 Å². The highest BCUT2D eigenvalue weighted by atomic mass is 19.1. The van der Waals surface area contributed by atoms with Crippen molar-refractivity contribution >= 4 is 16.9 Å². The van der Waals surface area contributed by atoms with Crippen LogP contribution in [-0.4, -0.2) is 15.6 Å². The molecular weight excluding hydrogens is 293 g/mol. The Balaban J connectivity index is 2.17. The normalized spacial score (nSPS) is 18.6. The van der Waals surface area contributed by atoms with Gasteiger partial charge in [0.2, 0.25) is 0 Å². The maximum Gasteiger partial charge on any atom is 0.306 e. The molecule has 2 aromatic rings. The van der Waals surface area contributed by atoms with Gasteiger partial charge in [-0.25, -0.2) is 4.39 Å². The number of rotatable bonds is 5. The lowest BCUT2D eigenvalue weighted by Crippen LogP contribution is -2.17. The van der Waals surface area contributed by atoms with Gasteiger partial charge in [-0.15, -0.1) is 0 Å². The second kappa shape index (κ2) is 5.99. The zero-order valence-electron chi connectivity index (χ0n) is 14.0. The monoisotopic (exact) mass is 317 g/mol. The Morgan fingerprint density at radius 1 is 1.35 bits per heavy atom. The van der Waals surface area contributed by atoms with Crippen molar-refractivity contribution in [3.8, 4) is 0 Å². The minimum absolute atomic E-state index is 0.0116. The average Bonchev–Trinajstić information content (AvgIpc) is 3.07. The highest BCUT2D eigenvalue weighted by Crippen LogP contribution is 2.41. The fourth-order valence-corrected chi connectivity index (χ4v) is 4.09. The Morgan fingerprint density at radius 2 is 2.04 bits per heavy atom. The van der Waals surface area contributed by atoms with Gasteiger partial charge in [-0.1, -0.05) is 20.8 Å². The Morgan fingerprint density at radius 3 is 2.65 bits per heavy atom. The van der Waals surface area contributed by atoms with Crippen LogP contribution < -0.4 is 0 Å². The first-order valence-corrected chi connectivity index (χ1v) is 8.53. The number of aryl methyl sites for hydroxylation is 1. The number of carboxylic acid groups (broad SMARTS) is 1. The molecule has 2 atom stereocenters. The summed E-state index contributed by atoms with van der Waals surface area (Å²) < 4.78 is 16.3. The summed E-state index contributed by atoms with van der Waals surface area (Å²) in [6.45, 7) is 6.80. The number of benzene rings is 1. The van der Waals surface area contributed by atoms with Gasteiger partial charge in [-0.05, 0) is 48.9 Å². The van der Waals surface area contributed by atoms with E-state index >= 15 is 0 Å². The third kappa shape index (κ3) is 2.54. The summed E-state index contributed by atoms with van der Waals surface area (Å²) in [5.74, 6) is -1.03. The molecular formula is C19H24FNO2. The molecule has 2 unspecified atom stereocenters. The number of fused-ring (bicyclic) bond motifs is 3. The van der Waals surface area contributed by atoms with Crippen molar-refractivity contribution in [3.05, 3.63) is 35.3 Å². The van der Waals surface area contributed by atoms with Crippen molar-refractivity contribution in [2.24, 2.45) is 5.92 Å². The third-order valence-electron chi connectivity index (χ3n) is 5.51. The molecule has 2 heterocycles. The molecule has 0 saturated carbocycles. The first-order valence-electron chi connectivity index (χ1n) is 8.53. The maximum absolute atomic E-state index is 14.2. The number of carboxylic acids is 1. The Labute approximate surface area is 136 Å². The summed E-state index contributed by atoms with van der Waals surface area (Å²) >= 11 is 0. The highest BCUT2D eigenvalue weighted by molar-refractivity contribution is 5.86. The van der Waals surface area contributed by atoms with Gasteiger partial charge in [-0.3, -0.25) is 4.79 Å². The number of hydrogen-bond donors (Lipinski definition) is 1. The van der Waals surface area contributed by atoms with Crippen LogP contribution in [0.5, 0.6) is 0 Å². The lowest BCUT2D eigenvalue weighted by atomic mass is 9.88. The predicted molar refractivity (Wildman–Crippen MR) is 89.4 cm³/mol. The van der Waals surface area contributed by atoms with E-state index in [9.17, 15) is 14.3 Å². The Bertz CT molecular complexity index is 745. The van der Waals surface area contributed by atoms with Crippen molar-refractivity contribution in [2.45, 2.75) is 58.4 Å². The molecule has 1 N–H and O–H groups in total. The van der Waals surface area contributed by atoms with Crippen LogP contribution >= 0.6 is 0 Å². The minimum atomic E-state index is -0.764. The summed E-state index contributed by atoms with van der Waals surface area (Å²) in [6, 6.07) is 5.36. The molecule has 0 fully saturated rings. The molecule has 0 amide bonds. The van der Waals surface area contributed by atoms with E-state index in [-0.39, 0.29) is 11.7 Å². The summed E-state index contributed by atoms with van der Waals surface area (Å²) in [5, 5.41) is 10.4. The zero-order valence-corrected chi connectivity index (χ0v) is 14.0. The van der Waals surface area contributed by atoms with Crippen LogP contribution in [0.25, 0.3) is 10.9 Å². The van der Waals surface area contributed by atoms with Gasteiger partial charge in [0.05, 0.1) is 11.4 Å². The zero-order chi connectivity index (χ0) is 16.7. The van der Waals surface area contributed by atoms with Crippen LogP contribution in [0.3, 0.4) is 0 Å². The molecule has 0 aliphatic carbocycles. The molecule has 23 heavy (non-hydrogen) atoms. The second-order valence-electron chi connectivity index (χ2n) is 6.68. The van der Waals surface area contributed by atoms with Crippen LogP contribution in [0.2, 0.25) is 0 Å². The van der Waals surface area contributed by atoms with Crippen LogP contribution in [0, 0.1) is 11.7 Å². The van der Waals surface area contributed by atoms with Gasteiger partial charge in [0.1, 0.15) is 5.82 Å². The predicted octanol–water partition coefficient (Wildman–Crippen LogP) is 4.89. The van der Waals surface area contributed by atoms with Crippen molar-refractivity contribution in [1.82, 2.24) is 4.57 Å². The first kappa shape index (κ1) is 16.0. The van der Waals surface area contributed by atoms with Crippen molar-refractivity contribution in [2.75, 3.05) is 0 Å². The second-order valence-corrected chi connectivity index (χ2v) is 6.68. The topological polar surface area (TPSA) is 42.2 Å². The van der Waals surface area contributed by atoms with Gasteiger partial charge in [0, 0.05) is 23.5 Å². The molecule has 4 heteroatoms. The summed E-state index contributed by atoms with van der Waals surface area (Å²) in [7, 11) is 0. The smallest absolute Gasteiger partial charge is 0.306 e. The van der Waals surface area contributed by atoms with Crippen LogP contribution in [0.15, 0.2) is 18.2 Å². The molecule has 1 aliphatic rings. The summed E-state index contributed by atoms with van der Waals surface area (Å²) in [5.41, 5.74) is 3.03. The molecule has 1 aromatic carbocycles. The van der Waals surface area contributed by atoms with E-state index in [0.29, 0.717) is 5.92 Å². The van der Waals surface area contributed by atoms with E-state index in [0.717, 1.165) is 48.0 Å². The van der Waals surface area contributed by atoms with Crippen LogP contribution in [0.1, 0.15) is 63.1 Å². The number of hydrogen-bond acceptors (Lipinski definition) is 1. The fourth-order valence-electron chi connectivity index (χ4n) is 4.09. The highest BCUT2D eigenvalue weighted by Gasteiger charge is 2.33. The Kier molecular flexibility index (Phi) is 4.17. The minimum Gasteiger partial charge on any atom is -0.481 e. The van der Waals surface area contributed by atoms with Crippen molar-refractivity contribution in [3.63, 3.8) is 0 Å². The van der Waals surface area contributed by atoms with Crippen molar-refractivity contribution < 1.29 is 14.3 Å². The number of halogens is 1. The van der Waals surface area contributed by atoms with Crippen LogP contribution in [-0.2, 0) is 11.3 Å². The maximum atomic E-state index is 14.2. The van der Waals surface area contributed by atoms with Gasteiger partial charge >= 0.3 is 5.97 Å². The van der Waals surface area contributed by atoms with E-state index < -0.39 is 11.9 Å². The number of aliphatic carboxylic acids is 1. The molecule has 0 spiro atoms. The van der Waals surface area contributed by atoms with Gasteiger partial charge < -0.3 is 9.67 Å². The van der Waals surface area contributed by atoms with Gasteiger partial charge in [0.25, 0.3) is 0 Å². The number of aromatic nitrogens is 1. The molecule has 1 aliphatic heterocycles. The quantitative estimate of drug-likeness (QED) is 0.853. The molecule has 3 rings (SSSR count). The number of nitrogens with zero attached hydrogens (tertiary/aromatic N) is 1. The summed E-state index contributed by atoms with van der Waals surface area (Å²) in [6.07, 6.45) is 2.77. The standard InChI is InChI=1S/C19H24FNO2/c1-4-12(5-2)15-8-13(20)9-17-16(15)10-18-14(6-7-21(17)18)11(3)19(22)23/h8-12,14H,4-7H2,1-3H3,(H,22,23). The van der Waals surface area contributed by atoms with E-state index in [2.05, 4.69) is 24.5 Å². The van der Waals surface area contributed by atoms with E-state index in [1.54, 1.807) is 19.1 Å². The molecule has 0 radical (unpaired) electrons. The van der Waals surface area contributed by atoms with E-state index in [4.69, 9.17) is 0 Å². The lowest BCUT2D eigenvalue weighted by molar-refractivity contribution is -0.141. The molecule has 1 aromatic heterocycles. The average molecular weight is 317 g/mol. The summed E-state index contributed by atoms with van der Waals surface area (Å²) in [4.78, 5) is 11.4. The molecule has 0 saturated heterocycles. The van der Waals surface area contributed by atoms with Gasteiger partial charge in [-0.2, -0.15) is 0 Å². The largest absolute Gasteiger partial charge is 0.481 e.